The van der Waals surface area contributed by atoms with Crippen LogP contribution < -0.4 is 0 Å². The first-order valence-corrected chi connectivity index (χ1v) is 3.61. The Morgan fingerprint density at radius 2 is 2.50 bits per heavy atom. The van der Waals surface area contributed by atoms with Crippen LogP contribution in [-0.4, -0.2) is 18.0 Å². The molecule has 3 nitrogen and oxygen atoms in total. The number of aryl methyl sites for hydroxylation is 1. The van der Waals surface area contributed by atoms with Gasteiger partial charge in [0.25, 0.3) is 0 Å². The lowest BCUT2D eigenvalue weighted by Gasteiger charge is -1.94. The van der Waals surface area contributed by atoms with Crippen molar-refractivity contribution in [1.82, 2.24) is 4.98 Å². The molecule has 1 aromatic heterocycles. The van der Waals surface area contributed by atoms with Gasteiger partial charge in [-0.25, -0.2) is 4.98 Å². The van der Waals surface area contributed by atoms with Gasteiger partial charge >= 0.3 is 0 Å². The number of rotatable bonds is 1. The van der Waals surface area contributed by atoms with Gasteiger partial charge in [-0.15, -0.1) is 11.3 Å². The Balaban J connectivity index is 2.85. The Kier molecular flexibility index (Phi) is 2.01. The molecule has 4 heteroatoms. The number of methoxy groups -OCH3 is 1. The van der Waals surface area contributed by atoms with Crippen molar-refractivity contribution in [3.63, 3.8) is 0 Å². The second kappa shape index (κ2) is 2.79. The van der Waals surface area contributed by atoms with Crippen LogP contribution in [0, 0.1) is 12.3 Å². The molecule has 0 bridgehead atoms. The Hall–Kier alpha value is -0.900. The maximum Gasteiger partial charge on any atom is 0.224 e. The summed E-state index contributed by atoms with van der Waals surface area (Å²) in [7, 11) is 1.48. The molecule has 0 saturated carbocycles. The average Bonchev–Trinajstić information content (AvgIpc) is 2.34. The third-order valence-electron chi connectivity index (χ3n) is 1.05. The van der Waals surface area contributed by atoms with Gasteiger partial charge in [-0.3, -0.25) is 5.41 Å². The van der Waals surface area contributed by atoms with Gasteiger partial charge in [0.15, 0.2) is 0 Å². The lowest BCUT2D eigenvalue weighted by molar-refractivity contribution is 0.402. The molecule has 0 radical (unpaired) electrons. The molecule has 10 heavy (non-hydrogen) atoms. The molecular formula is C6H8N2OS. The van der Waals surface area contributed by atoms with E-state index in [9.17, 15) is 0 Å². The van der Waals surface area contributed by atoms with Crippen molar-refractivity contribution in [2.75, 3.05) is 7.11 Å². The molecule has 0 fully saturated rings. The molecule has 0 aromatic carbocycles. The fourth-order valence-corrected chi connectivity index (χ4v) is 1.27. The summed E-state index contributed by atoms with van der Waals surface area (Å²) >= 11 is 1.46. The fourth-order valence-electron chi connectivity index (χ4n) is 0.567. The van der Waals surface area contributed by atoms with E-state index in [1.54, 1.807) is 6.20 Å². The predicted molar refractivity (Wildman–Crippen MR) is 40.7 cm³/mol. The van der Waals surface area contributed by atoms with Crippen LogP contribution in [-0.2, 0) is 4.74 Å². The Bertz CT molecular complexity index is 244. The molecule has 1 aromatic rings. The highest BCUT2D eigenvalue weighted by atomic mass is 32.1. The SMILES string of the molecule is COC(=N)c1cnc(C)s1. The summed E-state index contributed by atoms with van der Waals surface area (Å²) in [5.41, 5.74) is 0. The number of hydrogen-bond donors (Lipinski definition) is 1. The van der Waals surface area contributed by atoms with E-state index in [-0.39, 0.29) is 5.90 Å². The summed E-state index contributed by atoms with van der Waals surface area (Å²) in [4.78, 5) is 4.76. The van der Waals surface area contributed by atoms with Gasteiger partial charge in [0.05, 0.1) is 18.3 Å². The molecule has 54 valence electrons. The number of ether oxygens (including phenoxy) is 1. The minimum absolute atomic E-state index is 0.186. The molecule has 0 saturated heterocycles. The molecule has 0 unspecified atom stereocenters. The first-order chi connectivity index (χ1) is 4.74. The molecule has 0 aliphatic heterocycles. The molecule has 0 aliphatic carbocycles. The fraction of sp³-hybridized carbons (Fsp3) is 0.333. The number of nitrogens with zero attached hydrogens (tertiary/aromatic N) is 1. The second-order valence-corrected chi connectivity index (χ2v) is 3.01. The van der Waals surface area contributed by atoms with E-state index in [4.69, 9.17) is 10.1 Å². The number of aromatic nitrogens is 1. The molecule has 0 spiro atoms. The molecule has 0 aliphatic rings. The topological polar surface area (TPSA) is 46.0 Å². The van der Waals surface area contributed by atoms with Crippen LogP contribution in [0.4, 0.5) is 0 Å². The molecule has 1 heterocycles. The third-order valence-corrected chi connectivity index (χ3v) is 1.96. The van der Waals surface area contributed by atoms with Crippen LogP contribution >= 0.6 is 11.3 Å². The smallest absolute Gasteiger partial charge is 0.224 e. The van der Waals surface area contributed by atoms with Crippen LogP contribution in [0.5, 0.6) is 0 Å². The lowest BCUT2D eigenvalue weighted by Crippen LogP contribution is -1.96. The van der Waals surface area contributed by atoms with E-state index in [1.165, 1.54) is 18.4 Å². The van der Waals surface area contributed by atoms with Crippen molar-refractivity contribution < 1.29 is 4.74 Å². The standard InChI is InChI=1S/C6H8N2OS/c1-4-8-3-5(10-4)6(7)9-2/h3,7H,1-2H3. The van der Waals surface area contributed by atoms with Crippen molar-refractivity contribution in [1.29, 1.82) is 5.41 Å². The summed E-state index contributed by atoms with van der Waals surface area (Å²) in [6.07, 6.45) is 1.64. The van der Waals surface area contributed by atoms with Gasteiger partial charge < -0.3 is 4.74 Å². The number of nitrogens with one attached hydrogen (secondary N) is 1. The summed E-state index contributed by atoms with van der Waals surface area (Å²) in [6.45, 7) is 1.90. The van der Waals surface area contributed by atoms with Crippen LogP contribution in [0.15, 0.2) is 6.20 Å². The van der Waals surface area contributed by atoms with Gasteiger partial charge in [0, 0.05) is 0 Å². The Morgan fingerprint density at radius 3 is 2.90 bits per heavy atom. The second-order valence-electron chi connectivity index (χ2n) is 1.78. The van der Waals surface area contributed by atoms with Crippen LogP contribution in [0.1, 0.15) is 9.88 Å². The number of thiazole rings is 1. The van der Waals surface area contributed by atoms with E-state index in [0.29, 0.717) is 0 Å². The lowest BCUT2D eigenvalue weighted by atomic mass is 10.5. The zero-order chi connectivity index (χ0) is 7.56. The minimum atomic E-state index is 0.186. The van der Waals surface area contributed by atoms with E-state index >= 15 is 0 Å². The first-order valence-electron chi connectivity index (χ1n) is 2.79. The summed E-state index contributed by atoms with van der Waals surface area (Å²) < 4.78 is 4.70. The zero-order valence-corrected chi connectivity index (χ0v) is 6.66. The van der Waals surface area contributed by atoms with Crippen LogP contribution in [0.2, 0.25) is 0 Å². The Morgan fingerprint density at radius 1 is 1.80 bits per heavy atom. The molecule has 0 amide bonds. The maximum absolute atomic E-state index is 7.24. The van der Waals surface area contributed by atoms with Crippen molar-refractivity contribution in [3.05, 3.63) is 16.1 Å². The van der Waals surface area contributed by atoms with Gasteiger partial charge in [-0.2, -0.15) is 0 Å². The molecule has 1 rings (SSSR count). The van der Waals surface area contributed by atoms with Crippen molar-refractivity contribution >= 4 is 17.2 Å². The van der Waals surface area contributed by atoms with Crippen molar-refractivity contribution in [2.24, 2.45) is 0 Å². The summed E-state index contributed by atoms with van der Waals surface area (Å²) in [5.74, 6) is 0.186. The maximum atomic E-state index is 7.24. The predicted octanol–water partition coefficient (Wildman–Crippen LogP) is 1.42. The van der Waals surface area contributed by atoms with E-state index in [0.717, 1.165) is 9.88 Å². The normalized spacial score (nSPS) is 9.40. The summed E-state index contributed by atoms with van der Waals surface area (Å²) in [6, 6.07) is 0. The van der Waals surface area contributed by atoms with Gasteiger partial charge in [-0.05, 0) is 6.92 Å². The largest absolute Gasteiger partial charge is 0.480 e. The number of hydrogen-bond acceptors (Lipinski definition) is 4. The highest BCUT2D eigenvalue weighted by molar-refractivity contribution is 7.13. The molecule has 1 N–H and O–H groups in total. The first kappa shape index (κ1) is 7.21. The minimum Gasteiger partial charge on any atom is -0.480 e. The van der Waals surface area contributed by atoms with E-state index in [1.807, 2.05) is 6.92 Å². The van der Waals surface area contributed by atoms with E-state index in [2.05, 4.69) is 4.98 Å². The average molecular weight is 156 g/mol. The third kappa shape index (κ3) is 1.33. The molecular weight excluding hydrogens is 148 g/mol. The van der Waals surface area contributed by atoms with E-state index < -0.39 is 0 Å². The van der Waals surface area contributed by atoms with Gasteiger partial charge in [-0.1, -0.05) is 0 Å². The highest BCUT2D eigenvalue weighted by Gasteiger charge is 2.02. The van der Waals surface area contributed by atoms with Crippen molar-refractivity contribution in [3.8, 4) is 0 Å². The highest BCUT2D eigenvalue weighted by Crippen LogP contribution is 2.11. The van der Waals surface area contributed by atoms with Gasteiger partial charge in [0.1, 0.15) is 4.88 Å². The van der Waals surface area contributed by atoms with Crippen molar-refractivity contribution in [2.45, 2.75) is 6.92 Å². The Labute approximate surface area is 63.2 Å². The summed E-state index contributed by atoms with van der Waals surface area (Å²) in [5, 5.41) is 8.20. The van der Waals surface area contributed by atoms with Crippen LogP contribution in [0.3, 0.4) is 0 Å². The zero-order valence-electron chi connectivity index (χ0n) is 5.84. The molecule has 0 atom stereocenters. The quantitative estimate of drug-likeness (QED) is 0.493. The monoisotopic (exact) mass is 156 g/mol. The van der Waals surface area contributed by atoms with Crippen LogP contribution in [0.25, 0.3) is 0 Å². The van der Waals surface area contributed by atoms with Gasteiger partial charge in [0.2, 0.25) is 5.90 Å².